The van der Waals surface area contributed by atoms with Crippen molar-refractivity contribution in [3.63, 3.8) is 0 Å². The molecule has 1 saturated carbocycles. The summed E-state index contributed by atoms with van der Waals surface area (Å²) in [5.74, 6) is -0.686. The van der Waals surface area contributed by atoms with Gasteiger partial charge in [-0.05, 0) is 48.6 Å². The maximum atomic E-state index is 12.9. The monoisotopic (exact) mass is 358 g/mol. The molecule has 1 aliphatic heterocycles. The molecule has 3 aliphatic rings. The highest BCUT2D eigenvalue weighted by Gasteiger charge is 2.59. The Hall–Kier alpha value is -3.21. The standard InChI is InChI=1S/C22H18N2O3/c25-20(23-16-6-2-1-3-7-16)15-5-4-8-17(12-15)24-21(26)18-13-9-10-14(11-13)19(18)22(24)27/h1-10,12-14,18-19H,11H2,(H,23,25)/t13-,14-,18-,19-/m0/s1. The molecule has 3 amide bonds. The largest absolute Gasteiger partial charge is 0.322 e. The molecule has 134 valence electrons. The third-order valence-corrected chi connectivity index (χ3v) is 5.87. The summed E-state index contributed by atoms with van der Waals surface area (Å²) in [6.45, 7) is 0. The van der Waals surface area contributed by atoms with Crippen LogP contribution in [0.5, 0.6) is 0 Å². The van der Waals surface area contributed by atoms with Crippen molar-refractivity contribution in [2.24, 2.45) is 23.7 Å². The van der Waals surface area contributed by atoms with E-state index < -0.39 is 0 Å². The summed E-state index contributed by atoms with van der Waals surface area (Å²) in [5.41, 5.74) is 1.58. The predicted molar refractivity (Wildman–Crippen MR) is 101 cm³/mol. The molecule has 0 spiro atoms. The number of carbonyl (C=O) groups excluding carboxylic acids is 3. The van der Waals surface area contributed by atoms with E-state index in [0.717, 1.165) is 6.42 Å². The molecule has 2 aliphatic carbocycles. The first-order valence-corrected chi connectivity index (χ1v) is 9.16. The Labute approximate surface area is 156 Å². The maximum Gasteiger partial charge on any atom is 0.255 e. The van der Waals surface area contributed by atoms with Gasteiger partial charge >= 0.3 is 0 Å². The summed E-state index contributed by atoms with van der Waals surface area (Å²) >= 11 is 0. The van der Waals surface area contributed by atoms with Gasteiger partial charge in [0.05, 0.1) is 17.5 Å². The minimum atomic E-state index is -0.274. The van der Waals surface area contributed by atoms with E-state index in [1.807, 2.05) is 18.2 Å². The number of nitrogens with one attached hydrogen (secondary N) is 1. The van der Waals surface area contributed by atoms with E-state index in [1.54, 1.807) is 36.4 Å². The van der Waals surface area contributed by atoms with Crippen LogP contribution in [0.3, 0.4) is 0 Å². The Balaban J connectivity index is 1.42. The van der Waals surface area contributed by atoms with Gasteiger partial charge in [0, 0.05) is 11.3 Å². The van der Waals surface area contributed by atoms with Crippen LogP contribution in [-0.2, 0) is 9.59 Å². The average molecular weight is 358 g/mol. The van der Waals surface area contributed by atoms with Gasteiger partial charge in [0.25, 0.3) is 5.91 Å². The Morgan fingerprint density at radius 2 is 1.56 bits per heavy atom. The van der Waals surface area contributed by atoms with Crippen molar-refractivity contribution in [3.05, 3.63) is 72.3 Å². The van der Waals surface area contributed by atoms with E-state index in [2.05, 4.69) is 17.5 Å². The van der Waals surface area contributed by atoms with Gasteiger partial charge < -0.3 is 5.32 Å². The maximum absolute atomic E-state index is 12.9. The number of nitrogens with zero attached hydrogens (tertiary/aromatic N) is 1. The Bertz CT molecular complexity index is 952. The van der Waals surface area contributed by atoms with Gasteiger partial charge in [-0.2, -0.15) is 0 Å². The lowest BCUT2D eigenvalue weighted by atomic mass is 9.85. The number of fused-ring (bicyclic) bond motifs is 5. The minimum absolute atomic E-state index is 0.137. The fourth-order valence-electron chi connectivity index (χ4n) is 4.67. The minimum Gasteiger partial charge on any atom is -0.322 e. The van der Waals surface area contributed by atoms with Gasteiger partial charge in [-0.1, -0.05) is 36.4 Å². The highest BCUT2D eigenvalue weighted by Crippen LogP contribution is 2.53. The van der Waals surface area contributed by atoms with E-state index >= 15 is 0 Å². The third-order valence-electron chi connectivity index (χ3n) is 5.87. The van der Waals surface area contributed by atoms with Crippen LogP contribution in [0.1, 0.15) is 16.8 Å². The van der Waals surface area contributed by atoms with Crippen LogP contribution < -0.4 is 10.2 Å². The second kappa shape index (κ2) is 5.91. The molecule has 0 radical (unpaired) electrons. The molecule has 1 N–H and O–H groups in total. The van der Waals surface area contributed by atoms with Gasteiger partial charge in [0.15, 0.2) is 0 Å². The fraction of sp³-hybridized carbons (Fsp3) is 0.227. The summed E-state index contributed by atoms with van der Waals surface area (Å²) in [4.78, 5) is 39.7. The fourth-order valence-corrected chi connectivity index (χ4v) is 4.67. The van der Waals surface area contributed by atoms with Crippen molar-refractivity contribution < 1.29 is 14.4 Å². The molecule has 2 bridgehead atoms. The van der Waals surface area contributed by atoms with Crippen LogP contribution in [-0.4, -0.2) is 17.7 Å². The van der Waals surface area contributed by atoms with Gasteiger partial charge in [0.1, 0.15) is 0 Å². The van der Waals surface area contributed by atoms with Crippen molar-refractivity contribution in [2.45, 2.75) is 6.42 Å². The highest BCUT2D eigenvalue weighted by atomic mass is 16.2. The molecular formula is C22H18N2O3. The smallest absolute Gasteiger partial charge is 0.255 e. The summed E-state index contributed by atoms with van der Waals surface area (Å²) in [7, 11) is 0. The molecule has 27 heavy (non-hydrogen) atoms. The van der Waals surface area contributed by atoms with Gasteiger partial charge in [-0.25, -0.2) is 4.90 Å². The summed E-state index contributed by atoms with van der Waals surface area (Å²) < 4.78 is 0. The van der Waals surface area contributed by atoms with Crippen molar-refractivity contribution >= 4 is 29.1 Å². The molecule has 1 heterocycles. The van der Waals surface area contributed by atoms with Crippen molar-refractivity contribution in [1.29, 1.82) is 0 Å². The molecule has 0 unspecified atom stereocenters. The zero-order chi connectivity index (χ0) is 18.5. The van der Waals surface area contributed by atoms with E-state index in [4.69, 9.17) is 0 Å². The Kier molecular flexibility index (Phi) is 3.50. The molecule has 0 aromatic heterocycles. The average Bonchev–Trinajstić information content (AvgIpc) is 3.36. The topological polar surface area (TPSA) is 66.5 Å². The van der Waals surface area contributed by atoms with Crippen LogP contribution in [0.2, 0.25) is 0 Å². The number of benzene rings is 2. The number of para-hydroxylation sites is 1. The van der Waals surface area contributed by atoms with Gasteiger partial charge in [0.2, 0.25) is 11.8 Å². The van der Waals surface area contributed by atoms with Crippen LogP contribution in [0.25, 0.3) is 0 Å². The molecule has 5 rings (SSSR count). The molecule has 2 fully saturated rings. The number of carbonyl (C=O) groups is 3. The zero-order valence-electron chi connectivity index (χ0n) is 14.5. The molecule has 2 aromatic rings. The third kappa shape index (κ3) is 2.42. The first kappa shape index (κ1) is 16.0. The van der Waals surface area contributed by atoms with Crippen molar-refractivity contribution in [2.75, 3.05) is 10.2 Å². The van der Waals surface area contributed by atoms with Crippen LogP contribution in [0, 0.1) is 23.7 Å². The van der Waals surface area contributed by atoms with Crippen molar-refractivity contribution in [3.8, 4) is 0 Å². The summed E-state index contributed by atoms with van der Waals surface area (Å²) in [6, 6.07) is 15.9. The van der Waals surface area contributed by atoms with E-state index in [9.17, 15) is 14.4 Å². The number of allylic oxidation sites excluding steroid dienone is 2. The van der Waals surface area contributed by atoms with Gasteiger partial charge in [-0.3, -0.25) is 14.4 Å². The lowest BCUT2D eigenvalue weighted by Gasteiger charge is -2.18. The second-order valence-corrected chi connectivity index (χ2v) is 7.38. The van der Waals surface area contributed by atoms with Crippen molar-refractivity contribution in [1.82, 2.24) is 0 Å². The molecule has 5 heteroatoms. The first-order chi connectivity index (χ1) is 13.1. The summed E-state index contributed by atoms with van der Waals surface area (Å²) in [6.07, 6.45) is 5.05. The quantitative estimate of drug-likeness (QED) is 0.677. The number of rotatable bonds is 3. The zero-order valence-corrected chi connectivity index (χ0v) is 14.5. The van der Waals surface area contributed by atoms with Crippen LogP contribution >= 0.6 is 0 Å². The van der Waals surface area contributed by atoms with E-state index in [-0.39, 0.29) is 41.4 Å². The highest BCUT2D eigenvalue weighted by molar-refractivity contribution is 6.23. The number of imide groups is 1. The number of anilines is 2. The van der Waals surface area contributed by atoms with Gasteiger partial charge in [-0.15, -0.1) is 0 Å². The second-order valence-electron chi connectivity index (χ2n) is 7.38. The predicted octanol–water partition coefficient (Wildman–Crippen LogP) is 3.25. The lowest BCUT2D eigenvalue weighted by molar-refractivity contribution is -0.123. The molecule has 5 nitrogen and oxygen atoms in total. The molecular weight excluding hydrogens is 340 g/mol. The number of hydrogen-bond donors (Lipinski definition) is 1. The molecule has 1 saturated heterocycles. The normalized spacial score (nSPS) is 27.9. The number of hydrogen-bond acceptors (Lipinski definition) is 3. The molecule has 2 aromatic carbocycles. The lowest BCUT2D eigenvalue weighted by Crippen LogP contribution is -2.33. The van der Waals surface area contributed by atoms with Crippen LogP contribution in [0.4, 0.5) is 11.4 Å². The SMILES string of the molecule is O=C(Nc1ccccc1)c1cccc(N2C(=O)[C@@H]3[C@@H](C2=O)[C@H]2C=C[C@H]3C2)c1. The summed E-state index contributed by atoms with van der Waals surface area (Å²) in [5, 5.41) is 2.83. The molecule has 4 atom stereocenters. The van der Waals surface area contributed by atoms with E-state index in [1.165, 1.54) is 4.90 Å². The Morgan fingerprint density at radius 1 is 0.889 bits per heavy atom. The number of amides is 3. The van der Waals surface area contributed by atoms with Crippen LogP contribution in [0.15, 0.2) is 66.7 Å². The van der Waals surface area contributed by atoms with E-state index in [0.29, 0.717) is 16.9 Å². The first-order valence-electron chi connectivity index (χ1n) is 9.16. The Morgan fingerprint density at radius 3 is 2.22 bits per heavy atom.